The van der Waals surface area contributed by atoms with Crippen LogP contribution >= 0.6 is 0 Å². The lowest BCUT2D eigenvalue weighted by Gasteiger charge is -2.19. The third kappa shape index (κ3) is 1.61. The van der Waals surface area contributed by atoms with Gasteiger partial charge in [0.25, 0.3) is 0 Å². The van der Waals surface area contributed by atoms with Crippen molar-refractivity contribution in [2.75, 3.05) is 7.11 Å². The summed E-state index contributed by atoms with van der Waals surface area (Å²) in [5, 5.41) is 9.22. The number of rotatable bonds is 2. The third-order valence-corrected chi connectivity index (χ3v) is 3.08. The van der Waals surface area contributed by atoms with Gasteiger partial charge in [0.15, 0.2) is 5.41 Å². The molecular formula is C11H11NO5. The normalized spacial score (nSPS) is 21.9. The molecular weight excluding hydrogens is 226 g/mol. The van der Waals surface area contributed by atoms with Crippen LogP contribution < -0.4 is 5.56 Å². The highest BCUT2D eigenvalue weighted by molar-refractivity contribution is 6.00. The fourth-order valence-corrected chi connectivity index (χ4v) is 2.16. The summed E-state index contributed by atoms with van der Waals surface area (Å²) in [6.07, 6.45) is 1.49. The number of methoxy groups -OCH3 is 1. The van der Waals surface area contributed by atoms with Crippen molar-refractivity contribution >= 4 is 11.9 Å². The predicted octanol–water partition coefficient (Wildman–Crippen LogP) is -0.283. The van der Waals surface area contributed by atoms with E-state index in [1.165, 1.54) is 12.3 Å². The summed E-state index contributed by atoms with van der Waals surface area (Å²) < 4.78 is 4.55. The van der Waals surface area contributed by atoms with Crippen molar-refractivity contribution in [3.63, 3.8) is 0 Å². The molecule has 90 valence electrons. The number of hydrogen-bond donors (Lipinski definition) is 2. The molecule has 1 heterocycles. The Morgan fingerprint density at radius 2 is 2.06 bits per heavy atom. The van der Waals surface area contributed by atoms with E-state index in [1.807, 2.05) is 0 Å². The molecule has 1 aliphatic rings. The van der Waals surface area contributed by atoms with E-state index in [0.717, 1.165) is 7.11 Å². The maximum atomic E-state index is 11.6. The quantitative estimate of drug-likeness (QED) is 0.544. The zero-order valence-electron chi connectivity index (χ0n) is 9.15. The monoisotopic (exact) mass is 237 g/mol. The van der Waals surface area contributed by atoms with Crippen LogP contribution in [0.4, 0.5) is 0 Å². The SMILES string of the molecule is COC(=O)C1(C(=O)O)Cc2c[nH]c(=O)cc2C1. The van der Waals surface area contributed by atoms with Gasteiger partial charge in [-0.2, -0.15) is 0 Å². The summed E-state index contributed by atoms with van der Waals surface area (Å²) in [5.41, 5.74) is -0.660. The van der Waals surface area contributed by atoms with Crippen LogP contribution in [0.2, 0.25) is 0 Å². The zero-order chi connectivity index (χ0) is 12.6. The molecule has 6 heteroatoms. The number of H-pyrrole nitrogens is 1. The van der Waals surface area contributed by atoms with E-state index in [0.29, 0.717) is 11.1 Å². The van der Waals surface area contributed by atoms with E-state index in [4.69, 9.17) is 0 Å². The summed E-state index contributed by atoms with van der Waals surface area (Å²) in [7, 11) is 1.15. The third-order valence-electron chi connectivity index (χ3n) is 3.08. The minimum atomic E-state index is -1.60. The van der Waals surface area contributed by atoms with Gasteiger partial charge < -0.3 is 14.8 Å². The number of aromatic amines is 1. The Balaban J connectivity index is 2.48. The number of carbonyl (C=O) groups is 2. The van der Waals surface area contributed by atoms with Crippen LogP contribution in [0.3, 0.4) is 0 Å². The summed E-state index contributed by atoms with van der Waals surface area (Å²) >= 11 is 0. The second-order valence-corrected chi connectivity index (χ2v) is 4.08. The predicted molar refractivity (Wildman–Crippen MR) is 56.6 cm³/mol. The number of hydrogen-bond acceptors (Lipinski definition) is 4. The number of fused-ring (bicyclic) bond motifs is 1. The first-order valence-electron chi connectivity index (χ1n) is 5.02. The van der Waals surface area contributed by atoms with Crippen molar-refractivity contribution in [3.05, 3.63) is 33.7 Å². The average molecular weight is 237 g/mol. The molecule has 2 N–H and O–H groups in total. The van der Waals surface area contributed by atoms with Gasteiger partial charge in [-0.1, -0.05) is 0 Å². The number of carboxylic acids is 1. The number of esters is 1. The lowest BCUT2D eigenvalue weighted by molar-refractivity contribution is -0.166. The summed E-state index contributed by atoms with van der Waals surface area (Å²) in [6, 6.07) is 1.32. The standard InChI is InChI=1S/C11H11NO5/c1-17-10(16)11(9(14)15)3-6-2-8(13)12-5-7(6)4-11/h2,5H,3-4H2,1H3,(H,12,13)(H,14,15). The maximum Gasteiger partial charge on any atom is 0.323 e. The number of ether oxygens (including phenoxy) is 1. The van der Waals surface area contributed by atoms with Crippen LogP contribution in [-0.4, -0.2) is 29.1 Å². The molecule has 0 bridgehead atoms. The Morgan fingerprint density at radius 3 is 2.65 bits per heavy atom. The molecule has 1 atom stereocenters. The lowest BCUT2D eigenvalue weighted by Crippen LogP contribution is -2.41. The van der Waals surface area contributed by atoms with Gasteiger partial charge in [0.05, 0.1) is 7.11 Å². The Kier molecular flexibility index (Phi) is 2.49. The highest BCUT2D eigenvalue weighted by atomic mass is 16.5. The van der Waals surface area contributed by atoms with E-state index < -0.39 is 17.4 Å². The molecule has 0 amide bonds. The number of aromatic nitrogens is 1. The Morgan fingerprint density at radius 1 is 1.41 bits per heavy atom. The second kappa shape index (κ2) is 3.73. The fourth-order valence-electron chi connectivity index (χ4n) is 2.16. The van der Waals surface area contributed by atoms with Crippen molar-refractivity contribution < 1.29 is 19.4 Å². The first kappa shape index (κ1) is 11.4. The second-order valence-electron chi connectivity index (χ2n) is 4.08. The first-order valence-corrected chi connectivity index (χ1v) is 5.02. The van der Waals surface area contributed by atoms with E-state index in [2.05, 4.69) is 9.72 Å². The average Bonchev–Trinajstić information content (AvgIpc) is 2.67. The minimum Gasteiger partial charge on any atom is -0.480 e. The van der Waals surface area contributed by atoms with E-state index >= 15 is 0 Å². The number of pyridine rings is 1. The summed E-state index contributed by atoms with van der Waals surface area (Å²) in [6.45, 7) is 0. The maximum absolute atomic E-state index is 11.6. The topological polar surface area (TPSA) is 96.5 Å². The van der Waals surface area contributed by atoms with Gasteiger partial charge in [-0.25, -0.2) is 0 Å². The van der Waals surface area contributed by atoms with Crippen LogP contribution in [0, 0.1) is 5.41 Å². The molecule has 2 rings (SSSR count). The summed E-state index contributed by atoms with van der Waals surface area (Å²) in [5.74, 6) is -2.01. The van der Waals surface area contributed by atoms with Gasteiger partial charge in [-0.3, -0.25) is 14.4 Å². The van der Waals surface area contributed by atoms with Crippen molar-refractivity contribution in [1.82, 2.24) is 4.98 Å². The summed E-state index contributed by atoms with van der Waals surface area (Å²) in [4.78, 5) is 36.5. The Bertz CT molecular complexity index is 547. The van der Waals surface area contributed by atoms with Gasteiger partial charge in [-0.15, -0.1) is 0 Å². The molecule has 17 heavy (non-hydrogen) atoms. The van der Waals surface area contributed by atoms with Crippen LogP contribution in [0.1, 0.15) is 11.1 Å². The molecule has 0 saturated heterocycles. The van der Waals surface area contributed by atoms with Crippen molar-refractivity contribution in [1.29, 1.82) is 0 Å². The minimum absolute atomic E-state index is 0.00569. The Labute approximate surface area is 96.2 Å². The van der Waals surface area contributed by atoms with Crippen molar-refractivity contribution in [2.45, 2.75) is 12.8 Å². The molecule has 0 aromatic carbocycles. The number of carbonyl (C=O) groups excluding carboxylic acids is 1. The van der Waals surface area contributed by atoms with Gasteiger partial charge in [0.2, 0.25) is 5.56 Å². The van der Waals surface area contributed by atoms with Crippen LogP contribution in [0.15, 0.2) is 17.1 Å². The highest BCUT2D eigenvalue weighted by Crippen LogP contribution is 2.37. The molecule has 1 unspecified atom stereocenters. The van der Waals surface area contributed by atoms with E-state index in [-0.39, 0.29) is 18.4 Å². The first-order chi connectivity index (χ1) is 7.99. The van der Waals surface area contributed by atoms with Crippen LogP contribution in [0.25, 0.3) is 0 Å². The van der Waals surface area contributed by atoms with Crippen molar-refractivity contribution in [3.8, 4) is 0 Å². The largest absolute Gasteiger partial charge is 0.480 e. The van der Waals surface area contributed by atoms with Gasteiger partial charge >= 0.3 is 11.9 Å². The van der Waals surface area contributed by atoms with Crippen LogP contribution in [-0.2, 0) is 27.2 Å². The molecule has 0 fully saturated rings. The van der Waals surface area contributed by atoms with E-state index in [9.17, 15) is 19.5 Å². The fraction of sp³-hybridized carbons (Fsp3) is 0.364. The van der Waals surface area contributed by atoms with E-state index in [1.54, 1.807) is 0 Å². The number of carboxylic acid groups (broad SMARTS) is 1. The molecule has 0 saturated carbocycles. The molecule has 1 aliphatic carbocycles. The van der Waals surface area contributed by atoms with Crippen molar-refractivity contribution in [2.24, 2.45) is 5.41 Å². The lowest BCUT2D eigenvalue weighted by atomic mass is 9.85. The smallest absolute Gasteiger partial charge is 0.323 e. The van der Waals surface area contributed by atoms with Gasteiger partial charge in [0.1, 0.15) is 0 Å². The zero-order valence-corrected chi connectivity index (χ0v) is 9.15. The number of aliphatic carboxylic acids is 1. The number of nitrogens with one attached hydrogen (secondary N) is 1. The molecule has 1 aromatic rings. The molecule has 0 radical (unpaired) electrons. The molecule has 0 aliphatic heterocycles. The molecule has 1 aromatic heterocycles. The van der Waals surface area contributed by atoms with Crippen LogP contribution in [0.5, 0.6) is 0 Å². The Hall–Kier alpha value is -2.11. The van der Waals surface area contributed by atoms with Gasteiger partial charge in [0, 0.05) is 25.1 Å². The highest BCUT2D eigenvalue weighted by Gasteiger charge is 2.51. The molecule has 0 spiro atoms. The molecule has 6 nitrogen and oxygen atoms in total. The van der Waals surface area contributed by atoms with Gasteiger partial charge in [-0.05, 0) is 11.1 Å².